The van der Waals surface area contributed by atoms with Crippen molar-refractivity contribution >= 4 is 33.9 Å². The van der Waals surface area contributed by atoms with Gasteiger partial charge < -0.3 is 5.32 Å². The molecule has 78 valence electrons. The first-order chi connectivity index (χ1) is 7.29. The molecule has 0 saturated carbocycles. The Bertz CT molecular complexity index is 438. The predicted molar refractivity (Wildman–Crippen MR) is 70.8 cm³/mol. The molecule has 1 aromatic heterocycles. The number of rotatable bonds is 3. The van der Waals surface area contributed by atoms with Crippen LogP contribution in [0, 0.1) is 3.57 Å². The lowest BCUT2D eigenvalue weighted by Crippen LogP contribution is -2.04. The van der Waals surface area contributed by atoms with Crippen LogP contribution in [0.15, 0.2) is 24.3 Å². The van der Waals surface area contributed by atoms with E-state index in [2.05, 4.69) is 62.4 Å². The van der Waals surface area contributed by atoms with E-state index in [0.717, 1.165) is 22.1 Å². The maximum atomic E-state index is 4.16. The van der Waals surface area contributed by atoms with Gasteiger partial charge in [-0.1, -0.05) is 23.5 Å². The maximum Gasteiger partial charge on any atom is 0.147 e. The van der Waals surface area contributed by atoms with Crippen LogP contribution in [0.25, 0.3) is 10.6 Å². The van der Waals surface area contributed by atoms with Crippen LogP contribution in [-0.4, -0.2) is 17.2 Å². The predicted octanol–water partition coefficient (Wildman–Crippen LogP) is 2.53. The summed E-state index contributed by atoms with van der Waals surface area (Å²) >= 11 is 3.92. The molecule has 1 aromatic carbocycles. The molecule has 0 aliphatic heterocycles. The molecule has 1 N–H and O–H groups in total. The number of hydrogen-bond acceptors (Lipinski definition) is 4. The van der Waals surface area contributed by atoms with Crippen molar-refractivity contribution in [1.29, 1.82) is 0 Å². The number of nitrogens with zero attached hydrogens (tertiary/aromatic N) is 2. The van der Waals surface area contributed by atoms with Gasteiger partial charge in [-0.05, 0) is 41.8 Å². The Labute approximate surface area is 106 Å². The van der Waals surface area contributed by atoms with Crippen LogP contribution in [0.5, 0.6) is 0 Å². The summed E-state index contributed by atoms with van der Waals surface area (Å²) in [6.07, 6.45) is 0. The Morgan fingerprint density at radius 1 is 1.27 bits per heavy atom. The molecule has 0 unspecified atom stereocenters. The first kappa shape index (κ1) is 11.0. The van der Waals surface area contributed by atoms with Gasteiger partial charge in [0, 0.05) is 15.7 Å². The molecule has 0 bridgehead atoms. The van der Waals surface area contributed by atoms with Crippen molar-refractivity contribution in [3.05, 3.63) is 32.8 Å². The molecule has 0 atom stereocenters. The van der Waals surface area contributed by atoms with E-state index in [1.54, 1.807) is 11.3 Å². The molecule has 0 fully saturated rings. The fourth-order valence-corrected chi connectivity index (χ4v) is 2.40. The van der Waals surface area contributed by atoms with Gasteiger partial charge in [-0.15, -0.1) is 10.2 Å². The molecular weight excluding hydrogens is 321 g/mol. The third-order valence-corrected chi connectivity index (χ3v) is 3.58. The summed E-state index contributed by atoms with van der Waals surface area (Å²) in [6.45, 7) is 0.780. The molecule has 0 aliphatic carbocycles. The summed E-state index contributed by atoms with van der Waals surface area (Å²) in [5.74, 6) is 0. The first-order valence-corrected chi connectivity index (χ1v) is 6.42. The molecule has 5 heteroatoms. The summed E-state index contributed by atoms with van der Waals surface area (Å²) in [5, 5.41) is 13.3. The second kappa shape index (κ2) is 5.00. The third kappa shape index (κ3) is 2.73. The van der Waals surface area contributed by atoms with Crippen LogP contribution in [0.1, 0.15) is 5.01 Å². The van der Waals surface area contributed by atoms with E-state index in [0.29, 0.717) is 0 Å². The van der Waals surface area contributed by atoms with E-state index < -0.39 is 0 Å². The van der Waals surface area contributed by atoms with Crippen LogP contribution in [0.3, 0.4) is 0 Å². The number of halogens is 1. The zero-order valence-corrected chi connectivity index (χ0v) is 11.2. The zero-order chi connectivity index (χ0) is 10.7. The minimum Gasteiger partial charge on any atom is -0.313 e. The van der Waals surface area contributed by atoms with Crippen LogP contribution in [-0.2, 0) is 6.54 Å². The second-order valence-corrected chi connectivity index (χ2v) is 5.35. The lowest BCUT2D eigenvalue weighted by molar-refractivity contribution is 0.795. The maximum absolute atomic E-state index is 4.16. The molecule has 3 nitrogen and oxygen atoms in total. The zero-order valence-electron chi connectivity index (χ0n) is 8.20. The number of hydrogen-bond donors (Lipinski definition) is 1. The highest BCUT2D eigenvalue weighted by atomic mass is 127. The Hall–Kier alpha value is -0.530. The van der Waals surface area contributed by atoms with Gasteiger partial charge in [-0.3, -0.25) is 0 Å². The Morgan fingerprint density at radius 2 is 2.00 bits per heavy atom. The highest BCUT2D eigenvalue weighted by Crippen LogP contribution is 2.23. The lowest BCUT2D eigenvalue weighted by atomic mass is 10.2. The van der Waals surface area contributed by atoms with Crippen LogP contribution in [0.4, 0.5) is 0 Å². The molecule has 0 saturated heterocycles. The van der Waals surface area contributed by atoms with Crippen molar-refractivity contribution in [3.63, 3.8) is 0 Å². The van der Waals surface area contributed by atoms with E-state index in [4.69, 9.17) is 0 Å². The Morgan fingerprint density at radius 3 is 2.67 bits per heavy atom. The molecule has 0 aliphatic rings. The minimum atomic E-state index is 0.780. The SMILES string of the molecule is CNCc1nnc(-c2ccc(I)cc2)s1. The second-order valence-electron chi connectivity index (χ2n) is 3.04. The summed E-state index contributed by atoms with van der Waals surface area (Å²) < 4.78 is 1.23. The van der Waals surface area contributed by atoms with Crippen molar-refractivity contribution in [3.8, 4) is 10.6 Å². The quantitative estimate of drug-likeness (QED) is 0.879. The van der Waals surface area contributed by atoms with E-state index in [-0.39, 0.29) is 0 Å². The van der Waals surface area contributed by atoms with Crippen LogP contribution >= 0.6 is 33.9 Å². The molecule has 0 spiro atoms. The van der Waals surface area contributed by atoms with Gasteiger partial charge in [0.25, 0.3) is 0 Å². The highest BCUT2D eigenvalue weighted by molar-refractivity contribution is 14.1. The molecule has 2 aromatic rings. The molecule has 15 heavy (non-hydrogen) atoms. The summed E-state index contributed by atoms with van der Waals surface area (Å²) in [7, 11) is 1.91. The van der Waals surface area contributed by atoms with Gasteiger partial charge in [0.05, 0.1) is 0 Å². The van der Waals surface area contributed by atoms with E-state index in [1.165, 1.54) is 3.57 Å². The fraction of sp³-hybridized carbons (Fsp3) is 0.200. The standard InChI is InChI=1S/C10H10IN3S/c1-12-6-9-13-14-10(15-9)7-2-4-8(11)5-3-7/h2-5,12H,6H2,1H3. The summed E-state index contributed by atoms with van der Waals surface area (Å²) in [4.78, 5) is 0. The average Bonchev–Trinajstić information content (AvgIpc) is 2.68. The van der Waals surface area contributed by atoms with Gasteiger partial charge in [-0.2, -0.15) is 0 Å². The Balaban J connectivity index is 2.25. The van der Waals surface area contributed by atoms with Gasteiger partial charge in [0.2, 0.25) is 0 Å². The molecule has 0 radical (unpaired) electrons. The van der Waals surface area contributed by atoms with E-state index in [1.807, 2.05) is 7.05 Å². The van der Waals surface area contributed by atoms with Gasteiger partial charge in [0.1, 0.15) is 10.0 Å². The molecule has 1 heterocycles. The highest BCUT2D eigenvalue weighted by Gasteiger charge is 2.05. The summed E-state index contributed by atoms with van der Waals surface area (Å²) in [6, 6.07) is 8.31. The van der Waals surface area contributed by atoms with Crippen molar-refractivity contribution in [2.24, 2.45) is 0 Å². The smallest absolute Gasteiger partial charge is 0.147 e. The average molecular weight is 331 g/mol. The van der Waals surface area contributed by atoms with Crippen molar-refractivity contribution in [1.82, 2.24) is 15.5 Å². The van der Waals surface area contributed by atoms with E-state index >= 15 is 0 Å². The van der Waals surface area contributed by atoms with Crippen molar-refractivity contribution in [2.75, 3.05) is 7.05 Å². The number of aromatic nitrogens is 2. The van der Waals surface area contributed by atoms with Gasteiger partial charge in [-0.25, -0.2) is 0 Å². The summed E-state index contributed by atoms with van der Waals surface area (Å²) in [5.41, 5.74) is 1.13. The topological polar surface area (TPSA) is 37.8 Å². The largest absolute Gasteiger partial charge is 0.313 e. The van der Waals surface area contributed by atoms with Gasteiger partial charge >= 0.3 is 0 Å². The molecule has 2 rings (SSSR count). The van der Waals surface area contributed by atoms with Crippen LogP contribution < -0.4 is 5.32 Å². The fourth-order valence-electron chi connectivity index (χ4n) is 1.19. The van der Waals surface area contributed by atoms with E-state index in [9.17, 15) is 0 Å². The van der Waals surface area contributed by atoms with Crippen molar-refractivity contribution in [2.45, 2.75) is 6.54 Å². The Kier molecular flexibility index (Phi) is 3.66. The third-order valence-electron chi connectivity index (χ3n) is 1.89. The minimum absolute atomic E-state index is 0.780. The van der Waals surface area contributed by atoms with Crippen molar-refractivity contribution < 1.29 is 0 Å². The molecular formula is C10H10IN3S. The molecule has 0 amide bonds. The monoisotopic (exact) mass is 331 g/mol. The van der Waals surface area contributed by atoms with Gasteiger partial charge in [0.15, 0.2) is 0 Å². The van der Waals surface area contributed by atoms with Crippen LogP contribution in [0.2, 0.25) is 0 Å². The normalized spacial score (nSPS) is 10.5. The number of nitrogens with one attached hydrogen (secondary N) is 1. The lowest BCUT2D eigenvalue weighted by Gasteiger charge is -1.94. The number of benzene rings is 1. The first-order valence-electron chi connectivity index (χ1n) is 4.52.